The summed E-state index contributed by atoms with van der Waals surface area (Å²) < 4.78 is 10.8. The molecule has 0 amide bonds. The third-order valence-electron chi connectivity index (χ3n) is 5.91. The Balaban J connectivity index is 1.44. The summed E-state index contributed by atoms with van der Waals surface area (Å²) >= 11 is 1.23. The molecule has 3 saturated carbocycles. The minimum atomic E-state index is 0.212. The molecule has 1 aromatic carbocycles. The Hall–Kier alpha value is -2.61. The van der Waals surface area contributed by atoms with Crippen LogP contribution in [0, 0.1) is 19.8 Å². The van der Waals surface area contributed by atoms with Crippen LogP contribution in [0.3, 0.4) is 0 Å². The maximum Gasteiger partial charge on any atom is 0.229 e. The van der Waals surface area contributed by atoms with Crippen LogP contribution in [0.2, 0.25) is 0 Å². The van der Waals surface area contributed by atoms with Gasteiger partial charge in [-0.15, -0.1) is 0 Å². The van der Waals surface area contributed by atoms with Gasteiger partial charge in [0.25, 0.3) is 0 Å². The molecule has 130 valence electrons. The second-order valence-corrected chi connectivity index (χ2v) is 8.20. The fraction of sp³-hybridized carbons (Fsp3) is 0.389. The lowest BCUT2D eigenvalue weighted by atomic mass is 9.50. The average Bonchev–Trinajstić information content (AvgIpc) is 3.10. The van der Waals surface area contributed by atoms with Crippen molar-refractivity contribution in [3.05, 3.63) is 29.6 Å². The first-order chi connectivity index (χ1) is 12.6. The number of fused-ring (bicyclic) bond motifs is 2. The molecule has 0 unspecified atom stereocenters. The summed E-state index contributed by atoms with van der Waals surface area (Å²) in [5.74, 6) is 1.49. The highest BCUT2D eigenvalue weighted by Gasteiger charge is 2.59. The van der Waals surface area contributed by atoms with E-state index in [1.165, 1.54) is 31.0 Å². The molecule has 0 radical (unpaired) electrons. The van der Waals surface area contributed by atoms with Crippen LogP contribution in [0.4, 0.5) is 11.6 Å². The van der Waals surface area contributed by atoms with Crippen molar-refractivity contribution in [1.82, 2.24) is 28.5 Å². The first kappa shape index (κ1) is 14.5. The van der Waals surface area contributed by atoms with E-state index < -0.39 is 0 Å². The Morgan fingerprint density at radius 3 is 2.65 bits per heavy atom. The van der Waals surface area contributed by atoms with Gasteiger partial charge in [-0.05, 0) is 56.7 Å². The largest absolute Gasteiger partial charge is 0.324 e. The molecule has 2 bridgehead atoms. The summed E-state index contributed by atoms with van der Waals surface area (Å²) in [7, 11) is 0. The van der Waals surface area contributed by atoms with Gasteiger partial charge < -0.3 is 5.32 Å². The zero-order valence-electron chi connectivity index (χ0n) is 14.5. The zero-order chi connectivity index (χ0) is 17.5. The van der Waals surface area contributed by atoms with Crippen molar-refractivity contribution in [3.8, 4) is 0 Å². The third kappa shape index (κ3) is 1.85. The highest BCUT2D eigenvalue weighted by atomic mass is 32.1. The second kappa shape index (κ2) is 4.76. The molecule has 0 atom stereocenters. The van der Waals surface area contributed by atoms with Gasteiger partial charge in [-0.3, -0.25) is 0 Å². The number of aromatic nitrogens is 6. The highest BCUT2D eigenvalue weighted by molar-refractivity contribution is 7.00. The molecular weight excluding hydrogens is 346 g/mol. The third-order valence-corrected chi connectivity index (χ3v) is 6.47. The van der Waals surface area contributed by atoms with E-state index in [1.54, 1.807) is 0 Å². The molecule has 3 heterocycles. The number of benzene rings is 1. The first-order valence-electron chi connectivity index (χ1n) is 8.84. The number of nitrogens with zero attached hydrogens (tertiary/aromatic N) is 6. The number of rotatable bonds is 3. The lowest BCUT2D eigenvalue weighted by Crippen LogP contribution is -2.59. The van der Waals surface area contributed by atoms with Crippen molar-refractivity contribution < 1.29 is 0 Å². The fourth-order valence-electron chi connectivity index (χ4n) is 4.31. The van der Waals surface area contributed by atoms with Gasteiger partial charge in [0.05, 0.1) is 28.3 Å². The van der Waals surface area contributed by atoms with Gasteiger partial charge in [-0.25, -0.2) is 9.67 Å². The Labute approximate surface area is 153 Å². The molecule has 7 rings (SSSR count). The summed E-state index contributed by atoms with van der Waals surface area (Å²) in [6.45, 7) is 4.09. The van der Waals surface area contributed by atoms with Crippen LogP contribution >= 0.6 is 11.7 Å². The molecule has 4 aromatic rings. The first-order valence-corrected chi connectivity index (χ1v) is 9.57. The van der Waals surface area contributed by atoms with Gasteiger partial charge in [0, 0.05) is 11.9 Å². The van der Waals surface area contributed by atoms with Crippen LogP contribution in [-0.2, 0) is 5.54 Å². The SMILES string of the molecule is Cc1cc2nsnc2cc1Nc1ncc2c(C)nn(C34CC(C3)C4)c2n1. The minimum Gasteiger partial charge on any atom is -0.324 e. The van der Waals surface area contributed by atoms with E-state index in [0.717, 1.165) is 44.9 Å². The molecule has 0 aliphatic heterocycles. The summed E-state index contributed by atoms with van der Waals surface area (Å²) in [6.07, 6.45) is 5.60. The number of hydrogen-bond acceptors (Lipinski definition) is 7. The van der Waals surface area contributed by atoms with Crippen LogP contribution in [0.5, 0.6) is 0 Å². The standard InChI is InChI=1S/C18H17N7S/c1-9-3-14-15(24-26-23-14)4-13(9)20-17-19-8-12-10(2)22-25(16(12)21-17)18-5-11(6-18)7-18/h3-4,8,11H,5-7H2,1-2H3,(H,19,20,21). The van der Waals surface area contributed by atoms with Gasteiger partial charge in [0.2, 0.25) is 5.95 Å². The topological polar surface area (TPSA) is 81.4 Å². The Bertz CT molecular complexity index is 1170. The van der Waals surface area contributed by atoms with Gasteiger partial charge in [-0.1, -0.05) is 0 Å². The monoisotopic (exact) mass is 363 g/mol. The van der Waals surface area contributed by atoms with Gasteiger partial charge in [0.1, 0.15) is 11.0 Å². The van der Waals surface area contributed by atoms with Gasteiger partial charge in [0.15, 0.2) is 5.65 Å². The van der Waals surface area contributed by atoms with E-state index in [4.69, 9.17) is 10.1 Å². The zero-order valence-corrected chi connectivity index (χ0v) is 15.3. The molecule has 8 heteroatoms. The molecule has 26 heavy (non-hydrogen) atoms. The molecule has 0 saturated heterocycles. The van der Waals surface area contributed by atoms with E-state index in [9.17, 15) is 0 Å². The van der Waals surface area contributed by atoms with Crippen LogP contribution in [0.25, 0.3) is 22.1 Å². The second-order valence-electron chi connectivity index (χ2n) is 7.68. The normalized spacial score (nSPS) is 23.8. The lowest BCUT2D eigenvalue weighted by Gasteiger charge is -2.61. The van der Waals surface area contributed by atoms with Crippen LogP contribution in [-0.4, -0.2) is 28.5 Å². The molecule has 3 aromatic heterocycles. The predicted molar refractivity (Wildman–Crippen MR) is 101 cm³/mol. The summed E-state index contributed by atoms with van der Waals surface area (Å²) in [6, 6.07) is 4.04. The highest BCUT2D eigenvalue weighted by Crippen LogP contribution is 2.62. The number of hydrogen-bond donors (Lipinski definition) is 1. The molecule has 3 aliphatic carbocycles. The summed E-state index contributed by atoms with van der Waals surface area (Å²) in [5, 5.41) is 9.19. The van der Waals surface area contributed by atoms with Gasteiger partial charge >= 0.3 is 0 Å². The van der Waals surface area contributed by atoms with Crippen molar-refractivity contribution in [2.75, 3.05) is 5.32 Å². The Kier molecular flexibility index (Phi) is 2.66. The summed E-state index contributed by atoms with van der Waals surface area (Å²) in [4.78, 5) is 9.33. The number of anilines is 2. The molecular formula is C18H17N7S. The Morgan fingerprint density at radius 1 is 1.15 bits per heavy atom. The molecule has 0 spiro atoms. The van der Waals surface area contributed by atoms with Crippen molar-refractivity contribution in [3.63, 3.8) is 0 Å². The molecule has 1 N–H and O–H groups in total. The van der Waals surface area contributed by atoms with Crippen LogP contribution < -0.4 is 5.32 Å². The number of nitrogens with one attached hydrogen (secondary N) is 1. The van der Waals surface area contributed by atoms with Crippen molar-refractivity contribution in [2.45, 2.75) is 38.6 Å². The maximum atomic E-state index is 4.82. The van der Waals surface area contributed by atoms with Crippen molar-refractivity contribution in [2.24, 2.45) is 5.92 Å². The molecule has 3 fully saturated rings. The quantitative estimate of drug-likeness (QED) is 0.598. The van der Waals surface area contributed by atoms with Crippen LogP contribution in [0.15, 0.2) is 18.3 Å². The van der Waals surface area contributed by atoms with E-state index in [0.29, 0.717) is 5.95 Å². The lowest BCUT2D eigenvalue weighted by molar-refractivity contribution is -0.0949. The molecule has 7 nitrogen and oxygen atoms in total. The maximum absolute atomic E-state index is 4.82. The Morgan fingerprint density at radius 2 is 1.92 bits per heavy atom. The van der Waals surface area contributed by atoms with E-state index in [-0.39, 0.29) is 5.54 Å². The van der Waals surface area contributed by atoms with E-state index >= 15 is 0 Å². The molecule has 3 aliphatic rings. The van der Waals surface area contributed by atoms with E-state index in [2.05, 4.69) is 30.7 Å². The predicted octanol–water partition coefficient (Wildman–Crippen LogP) is 3.70. The van der Waals surface area contributed by atoms with Crippen molar-refractivity contribution >= 4 is 45.4 Å². The van der Waals surface area contributed by atoms with Crippen molar-refractivity contribution in [1.29, 1.82) is 0 Å². The number of aryl methyl sites for hydroxylation is 2. The average molecular weight is 363 g/mol. The van der Waals surface area contributed by atoms with Crippen LogP contribution in [0.1, 0.15) is 30.5 Å². The smallest absolute Gasteiger partial charge is 0.229 e. The van der Waals surface area contributed by atoms with E-state index in [1.807, 2.05) is 25.3 Å². The van der Waals surface area contributed by atoms with Gasteiger partial charge in [-0.2, -0.15) is 18.8 Å². The summed E-state index contributed by atoms with van der Waals surface area (Å²) in [5.41, 5.74) is 6.01. The fourth-order valence-corrected chi connectivity index (χ4v) is 4.82. The minimum absolute atomic E-state index is 0.212.